The number of aromatic nitrogens is 1. The van der Waals surface area contributed by atoms with E-state index in [1.807, 2.05) is 86.9 Å². The van der Waals surface area contributed by atoms with Gasteiger partial charge in [-0.25, -0.2) is 0 Å². The summed E-state index contributed by atoms with van der Waals surface area (Å²) in [6.45, 7) is 0.646. The van der Waals surface area contributed by atoms with E-state index in [1.54, 1.807) is 19.2 Å². The van der Waals surface area contributed by atoms with Crippen molar-refractivity contribution in [2.45, 2.75) is 17.9 Å². The highest BCUT2D eigenvalue weighted by atomic mass is 35.5. The third kappa shape index (κ3) is 5.78. The van der Waals surface area contributed by atoms with Gasteiger partial charge in [-0.3, -0.25) is 0 Å². The topological polar surface area (TPSA) is 80.8 Å². The van der Waals surface area contributed by atoms with Crippen molar-refractivity contribution in [3.8, 4) is 22.9 Å². The molecule has 41 heavy (non-hydrogen) atoms. The van der Waals surface area contributed by atoms with Crippen LogP contribution in [0.5, 0.6) is 11.8 Å². The molecule has 1 aromatic heterocycles. The van der Waals surface area contributed by atoms with E-state index in [2.05, 4.69) is 23.1 Å². The van der Waals surface area contributed by atoms with Gasteiger partial charge < -0.3 is 19.6 Å². The summed E-state index contributed by atoms with van der Waals surface area (Å²) in [7, 11) is 5.58. The summed E-state index contributed by atoms with van der Waals surface area (Å²) >= 11 is 6.19. The molecule has 0 amide bonds. The third-order valence-corrected chi connectivity index (χ3v) is 7.81. The Balaban J connectivity index is 1.84. The van der Waals surface area contributed by atoms with Crippen molar-refractivity contribution in [3.05, 3.63) is 125 Å². The van der Waals surface area contributed by atoms with Crippen LogP contribution in [0, 0.1) is 0 Å². The Morgan fingerprint density at radius 2 is 1.59 bits per heavy atom. The predicted molar refractivity (Wildman–Crippen MR) is 165 cm³/mol. The fraction of sp³-hybridized carbons (Fsp3) is 0.206. The molecule has 0 aliphatic rings. The summed E-state index contributed by atoms with van der Waals surface area (Å²) in [6.07, 6.45) is 0.447. The summed E-state index contributed by atoms with van der Waals surface area (Å²) < 4.78 is 5.86. The molecule has 3 N–H and O–H groups in total. The zero-order valence-corrected chi connectivity index (χ0v) is 24.2. The molecule has 0 spiro atoms. The van der Waals surface area contributed by atoms with Gasteiger partial charge in [0.2, 0.25) is 11.8 Å². The molecule has 0 bridgehead atoms. The van der Waals surface area contributed by atoms with Gasteiger partial charge in [0.05, 0.1) is 7.11 Å². The number of benzene rings is 4. The lowest BCUT2D eigenvalue weighted by atomic mass is 9.70. The van der Waals surface area contributed by atoms with Crippen LogP contribution in [0.25, 0.3) is 21.9 Å². The fourth-order valence-electron chi connectivity index (χ4n) is 5.58. The van der Waals surface area contributed by atoms with Gasteiger partial charge in [-0.15, -0.1) is 0 Å². The summed E-state index contributed by atoms with van der Waals surface area (Å²) in [5.74, 6) is 5.67. The van der Waals surface area contributed by atoms with Crippen molar-refractivity contribution in [3.63, 3.8) is 0 Å². The first-order valence-electron chi connectivity index (χ1n) is 13.5. The Labute approximate surface area is 245 Å². The lowest BCUT2D eigenvalue weighted by molar-refractivity contribution is 0.00513. The first kappa shape index (κ1) is 28.6. The number of hydrogen-bond donors (Lipinski definition) is 2. The van der Waals surface area contributed by atoms with Gasteiger partial charge in [0.15, 0.2) is 0 Å². The second-order valence-electron chi connectivity index (χ2n) is 10.4. The lowest BCUT2D eigenvalue weighted by Gasteiger charge is -2.39. The van der Waals surface area contributed by atoms with E-state index in [0.29, 0.717) is 35.0 Å². The number of fused-ring (bicyclic) bond motifs is 1. The number of pyridine rings is 1. The van der Waals surface area contributed by atoms with Crippen LogP contribution in [0.3, 0.4) is 0 Å². The molecule has 0 fully saturated rings. The molecule has 7 heteroatoms. The molecule has 0 aliphatic carbocycles. The molecule has 1 heterocycles. The SMILES string of the molecule is COc1nc(ON)c(-c2ccc(Cl)cc2)cc1C(c1ccccc1)C(O)(CCN(C)C)c1cccc2ccccc12. The summed E-state index contributed by atoms with van der Waals surface area (Å²) in [5.41, 5.74) is 2.59. The molecule has 2 atom stereocenters. The largest absolute Gasteiger partial charge is 0.481 e. The summed E-state index contributed by atoms with van der Waals surface area (Å²) in [6, 6.07) is 33.6. The minimum absolute atomic E-state index is 0.210. The van der Waals surface area contributed by atoms with Gasteiger partial charge in [0.25, 0.3) is 0 Å². The van der Waals surface area contributed by atoms with Gasteiger partial charge in [0, 0.05) is 28.6 Å². The normalized spacial score (nSPS) is 13.6. The minimum Gasteiger partial charge on any atom is -0.481 e. The highest BCUT2D eigenvalue weighted by molar-refractivity contribution is 6.30. The molecule has 5 aromatic rings. The fourth-order valence-corrected chi connectivity index (χ4v) is 5.71. The number of hydrogen-bond acceptors (Lipinski definition) is 6. The minimum atomic E-state index is -1.36. The number of aliphatic hydroxyl groups is 1. The van der Waals surface area contributed by atoms with Gasteiger partial charge in [-0.2, -0.15) is 10.9 Å². The number of rotatable bonds is 10. The first-order chi connectivity index (χ1) is 19.9. The highest BCUT2D eigenvalue weighted by Gasteiger charge is 2.43. The average molecular weight is 568 g/mol. The standard InChI is InChI=1S/C34H34ClN3O3/c1-38(2)21-20-34(39,30-15-9-13-23-10-7-8-14-27(23)30)31(25-11-5-4-6-12-25)29-22-28(24-16-18-26(35)19-17-24)33(41-36)37-32(29)40-3/h4-19,22,31,39H,20-21,36H2,1-3H3. The van der Waals surface area contributed by atoms with E-state index in [4.69, 9.17) is 32.1 Å². The number of halogens is 1. The van der Waals surface area contributed by atoms with E-state index >= 15 is 0 Å². The van der Waals surface area contributed by atoms with E-state index in [-0.39, 0.29) is 5.88 Å². The molecule has 5 rings (SSSR count). The number of methoxy groups -OCH3 is 1. The van der Waals surface area contributed by atoms with Crippen molar-refractivity contribution >= 4 is 22.4 Å². The summed E-state index contributed by atoms with van der Waals surface area (Å²) in [4.78, 5) is 12.0. The van der Waals surface area contributed by atoms with E-state index in [1.165, 1.54) is 0 Å². The van der Waals surface area contributed by atoms with E-state index < -0.39 is 11.5 Å². The van der Waals surface area contributed by atoms with Crippen LogP contribution >= 0.6 is 11.6 Å². The van der Waals surface area contributed by atoms with Gasteiger partial charge in [-0.1, -0.05) is 96.5 Å². The van der Waals surface area contributed by atoms with Crippen molar-refractivity contribution < 1.29 is 14.7 Å². The molecule has 210 valence electrons. The average Bonchev–Trinajstić information content (AvgIpc) is 3.00. The molecule has 0 radical (unpaired) electrons. The Hall–Kier alpha value is -3.94. The monoisotopic (exact) mass is 567 g/mol. The Bertz CT molecular complexity index is 1620. The van der Waals surface area contributed by atoms with Crippen molar-refractivity contribution in [2.75, 3.05) is 27.7 Å². The van der Waals surface area contributed by atoms with Gasteiger partial charge >= 0.3 is 0 Å². The predicted octanol–water partition coefficient (Wildman–Crippen LogP) is 6.79. The zero-order chi connectivity index (χ0) is 29.0. The van der Waals surface area contributed by atoms with Crippen LogP contribution in [0.2, 0.25) is 5.02 Å². The molecule has 6 nitrogen and oxygen atoms in total. The Kier molecular flexibility index (Phi) is 8.57. The molecule has 0 saturated heterocycles. The van der Waals surface area contributed by atoms with Crippen LogP contribution in [-0.4, -0.2) is 42.7 Å². The van der Waals surface area contributed by atoms with Crippen LogP contribution in [0.1, 0.15) is 29.0 Å². The summed E-state index contributed by atoms with van der Waals surface area (Å²) in [5, 5.41) is 15.8. The Morgan fingerprint density at radius 3 is 2.27 bits per heavy atom. The van der Waals surface area contributed by atoms with Crippen molar-refractivity contribution in [2.24, 2.45) is 5.90 Å². The number of nitrogens with two attached hydrogens (primary N) is 1. The van der Waals surface area contributed by atoms with E-state index in [9.17, 15) is 5.11 Å². The second kappa shape index (κ2) is 12.3. The maximum Gasteiger partial charge on any atom is 0.248 e. The maximum absolute atomic E-state index is 13.2. The van der Waals surface area contributed by atoms with Crippen LogP contribution in [-0.2, 0) is 5.60 Å². The molecular weight excluding hydrogens is 534 g/mol. The first-order valence-corrected chi connectivity index (χ1v) is 13.9. The number of nitrogens with zero attached hydrogens (tertiary/aromatic N) is 2. The van der Waals surface area contributed by atoms with Gasteiger partial charge in [0.1, 0.15) is 5.60 Å². The quantitative estimate of drug-likeness (QED) is 0.181. The van der Waals surface area contributed by atoms with Crippen LogP contribution in [0.4, 0.5) is 0 Å². The molecule has 0 aliphatic heterocycles. The lowest BCUT2D eigenvalue weighted by Crippen LogP contribution is -2.38. The molecular formula is C34H34ClN3O3. The van der Waals surface area contributed by atoms with Crippen LogP contribution in [0.15, 0.2) is 103 Å². The smallest absolute Gasteiger partial charge is 0.248 e. The second-order valence-corrected chi connectivity index (χ2v) is 10.8. The van der Waals surface area contributed by atoms with Crippen molar-refractivity contribution in [1.29, 1.82) is 0 Å². The number of ether oxygens (including phenoxy) is 1. The molecule has 4 aromatic carbocycles. The Morgan fingerprint density at radius 1 is 0.902 bits per heavy atom. The van der Waals surface area contributed by atoms with E-state index in [0.717, 1.165) is 27.5 Å². The maximum atomic E-state index is 13.2. The zero-order valence-electron chi connectivity index (χ0n) is 23.4. The molecule has 0 saturated carbocycles. The van der Waals surface area contributed by atoms with Crippen molar-refractivity contribution in [1.82, 2.24) is 9.88 Å². The third-order valence-electron chi connectivity index (χ3n) is 7.56. The highest BCUT2D eigenvalue weighted by Crippen LogP contribution is 2.50. The van der Waals surface area contributed by atoms with Crippen LogP contribution < -0.4 is 15.5 Å². The van der Waals surface area contributed by atoms with Gasteiger partial charge in [-0.05, 0) is 66.2 Å². The molecule has 2 unspecified atom stereocenters.